The Balaban J connectivity index is 1.21. The van der Waals surface area contributed by atoms with E-state index in [2.05, 4.69) is 20.9 Å². The molecule has 0 fully saturated rings. The first-order chi connectivity index (χ1) is 23.3. The maximum absolute atomic E-state index is 13.6. The Morgan fingerprint density at radius 1 is 0.771 bits per heavy atom. The molecule has 238 valence electrons. The number of nitrogens with one attached hydrogen (secondary N) is 4. The van der Waals surface area contributed by atoms with Crippen LogP contribution in [0.4, 0.5) is 11.4 Å². The van der Waals surface area contributed by atoms with Crippen molar-refractivity contribution in [2.24, 2.45) is 0 Å². The van der Waals surface area contributed by atoms with Gasteiger partial charge in [-0.15, -0.1) is 11.8 Å². The van der Waals surface area contributed by atoms with E-state index < -0.39 is 17.1 Å². The highest BCUT2D eigenvalue weighted by atomic mass is 35.5. The number of aromatic amines is 1. The van der Waals surface area contributed by atoms with E-state index in [9.17, 15) is 14.4 Å². The van der Waals surface area contributed by atoms with Crippen LogP contribution in [0, 0.1) is 6.92 Å². The van der Waals surface area contributed by atoms with Gasteiger partial charge in [0.25, 0.3) is 11.8 Å². The fraction of sp³-hybridized carbons (Fsp3) is 0.0513. The zero-order valence-corrected chi connectivity index (χ0v) is 27.4. The molecule has 0 saturated carbocycles. The van der Waals surface area contributed by atoms with Gasteiger partial charge in [-0.2, -0.15) is 0 Å². The van der Waals surface area contributed by atoms with Crippen molar-refractivity contribution in [3.05, 3.63) is 167 Å². The molecule has 0 saturated heterocycles. The van der Waals surface area contributed by atoms with Gasteiger partial charge >= 0.3 is 0 Å². The van der Waals surface area contributed by atoms with Crippen molar-refractivity contribution in [3.8, 4) is 0 Å². The van der Waals surface area contributed by atoms with Gasteiger partial charge in [0.15, 0.2) is 0 Å². The predicted octanol–water partition coefficient (Wildman–Crippen LogP) is 9.01. The smallest absolute Gasteiger partial charge is 0.272 e. The molecule has 1 heterocycles. The van der Waals surface area contributed by atoms with E-state index in [1.54, 1.807) is 60.8 Å². The Kier molecular flexibility index (Phi) is 10.0. The summed E-state index contributed by atoms with van der Waals surface area (Å²) in [5, 5.41) is 9.72. The lowest BCUT2D eigenvalue weighted by Crippen LogP contribution is -2.30. The molecule has 6 rings (SSSR count). The molecule has 9 heteroatoms. The molecule has 4 N–H and O–H groups in total. The van der Waals surface area contributed by atoms with Crippen LogP contribution in [-0.4, -0.2) is 22.7 Å². The van der Waals surface area contributed by atoms with Crippen molar-refractivity contribution in [3.63, 3.8) is 0 Å². The number of thioether (sulfide) groups is 1. The number of fused-ring (bicyclic) bond motifs is 1. The Bertz CT molecular complexity index is 2110. The number of benzene rings is 5. The number of H-pyrrole nitrogens is 1. The first-order valence-corrected chi connectivity index (χ1v) is 16.4. The lowest BCUT2D eigenvalue weighted by atomic mass is 10.1. The Labute approximate surface area is 287 Å². The maximum Gasteiger partial charge on any atom is 0.272 e. The van der Waals surface area contributed by atoms with Gasteiger partial charge in [0.05, 0.1) is 0 Å². The van der Waals surface area contributed by atoms with E-state index in [0.717, 1.165) is 32.5 Å². The molecule has 1 atom stereocenters. The van der Waals surface area contributed by atoms with Crippen LogP contribution in [0.3, 0.4) is 0 Å². The molecule has 7 nitrogen and oxygen atoms in total. The van der Waals surface area contributed by atoms with E-state index in [1.807, 2.05) is 85.8 Å². The van der Waals surface area contributed by atoms with Gasteiger partial charge in [0, 0.05) is 49.5 Å². The number of carbonyl (C=O) groups excluding carboxylic acids is 3. The highest BCUT2D eigenvalue weighted by molar-refractivity contribution is 8.00. The molecular formula is C39H31ClN4O3S. The van der Waals surface area contributed by atoms with E-state index in [-0.39, 0.29) is 11.6 Å². The number of halogens is 1. The van der Waals surface area contributed by atoms with E-state index >= 15 is 0 Å². The van der Waals surface area contributed by atoms with Crippen molar-refractivity contribution >= 4 is 69.4 Å². The zero-order chi connectivity index (χ0) is 33.5. The second-order valence-corrected chi connectivity index (χ2v) is 12.6. The summed E-state index contributed by atoms with van der Waals surface area (Å²) in [5.74, 6) is -1.06. The maximum atomic E-state index is 13.6. The minimum Gasteiger partial charge on any atom is -0.361 e. The molecule has 0 unspecified atom stereocenters. The second-order valence-electron chi connectivity index (χ2n) is 11.0. The van der Waals surface area contributed by atoms with Gasteiger partial charge in [-0.25, -0.2) is 0 Å². The number of aryl methyl sites for hydroxylation is 1. The number of hydrogen-bond donors (Lipinski definition) is 4. The number of amides is 3. The van der Waals surface area contributed by atoms with Gasteiger partial charge in [-0.1, -0.05) is 78.3 Å². The second kappa shape index (κ2) is 14.9. The van der Waals surface area contributed by atoms with Crippen LogP contribution in [0.15, 0.2) is 144 Å². The number of anilines is 2. The molecule has 1 aromatic heterocycles. The molecule has 0 aliphatic rings. The van der Waals surface area contributed by atoms with Crippen LogP contribution in [0.5, 0.6) is 0 Å². The lowest BCUT2D eigenvalue weighted by Gasteiger charge is -2.18. The summed E-state index contributed by atoms with van der Waals surface area (Å²) in [6, 6.07) is 38.6. The molecule has 48 heavy (non-hydrogen) atoms. The van der Waals surface area contributed by atoms with Gasteiger partial charge in [0.2, 0.25) is 5.91 Å². The quantitative estimate of drug-likeness (QED) is 0.0863. The number of rotatable bonds is 10. The molecule has 6 aromatic rings. The Morgan fingerprint density at radius 3 is 2.17 bits per heavy atom. The number of hydrogen-bond acceptors (Lipinski definition) is 4. The van der Waals surface area contributed by atoms with Crippen LogP contribution in [0.25, 0.3) is 17.0 Å². The van der Waals surface area contributed by atoms with Gasteiger partial charge in [-0.05, 0) is 84.8 Å². The van der Waals surface area contributed by atoms with E-state index in [1.165, 1.54) is 11.8 Å². The lowest BCUT2D eigenvalue weighted by molar-refractivity contribution is -0.116. The SMILES string of the molecule is Cc1cc(NC(=O)[C@@H](Sc2ccc(NC(=O)/C(=C/c3c[nH]c4ccccc34)NC(=O)c3ccccc3)cc2)c2ccccc2)ccc1Cl. The molecule has 0 radical (unpaired) electrons. The van der Waals surface area contributed by atoms with Crippen molar-refractivity contribution < 1.29 is 14.4 Å². The molecular weight excluding hydrogens is 640 g/mol. The summed E-state index contributed by atoms with van der Waals surface area (Å²) in [7, 11) is 0. The van der Waals surface area contributed by atoms with Crippen molar-refractivity contribution in [1.82, 2.24) is 10.3 Å². The number of carbonyl (C=O) groups is 3. The summed E-state index contributed by atoms with van der Waals surface area (Å²) < 4.78 is 0. The molecule has 0 aliphatic heterocycles. The molecule has 0 aliphatic carbocycles. The first-order valence-electron chi connectivity index (χ1n) is 15.2. The van der Waals surface area contributed by atoms with Crippen LogP contribution >= 0.6 is 23.4 Å². The van der Waals surface area contributed by atoms with Crippen LogP contribution in [0.1, 0.15) is 32.3 Å². The first kappa shape index (κ1) is 32.4. The summed E-state index contributed by atoms with van der Waals surface area (Å²) >= 11 is 7.58. The van der Waals surface area contributed by atoms with Gasteiger partial charge in [0.1, 0.15) is 10.9 Å². The molecule has 5 aromatic carbocycles. The summed E-state index contributed by atoms with van der Waals surface area (Å²) in [4.78, 5) is 44.3. The van der Waals surface area contributed by atoms with E-state index in [4.69, 9.17) is 11.6 Å². The van der Waals surface area contributed by atoms with Gasteiger partial charge < -0.3 is 20.9 Å². The highest BCUT2D eigenvalue weighted by Gasteiger charge is 2.23. The normalized spacial score (nSPS) is 11.9. The summed E-state index contributed by atoms with van der Waals surface area (Å²) in [5.41, 5.74) is 5.11. The third kappa shape index (κ3) is 7.86. The number of aromatic nitrogens is 1. The average molecular weight is 671 g/mol. The molecule has 0 bridgehead atoms. The largest absolute Gasteiger partial charge is 0.361 e. The number of para-hydroxylation sites is 1. The molecule has 0 spiro atoms. The van der Waals surface area contributed by atoms with Crippen LogP contribution in [-0.2, 0) is 9.59 Å². The van der Waals surface area contributed by atoms with E-state index in [0.29, 0.717) is 22.0 Å². The Hall–Kier alpha value is -5.57. The minimum absolute atomic E-state index is 0.0882. The van der Waals surface area contributed by atoms with Crippen molar-refractivity contribution in [1.29, 1.82) is 0 Å². The standard InChI is InChI=1S/C39H31ClN4O3S/c1-25-22-30(18-21-33(25)40)43-39(47)36(26-10-4-2-5-11-26)48-31-19-16-29(17-20-31)42-38(46)35(44-37(45)27-12-6-3-7-13-27)23-28-24-41-34-15-9-8-14-32(28)34/h2-24,36,41H,1H3,(H,42,46)(H,43,47)(H,44,45)/b35-23-/t36-/m0/s1. The van der Waals surface area contributed by atoms with Crippen molar-refractivity contribution in [2.75, 3.05) is 10.6 Å². The fourth-order valence-corrected chi connectivity index (χ4v) is 6.24. The predicted molar refractivity (Wildman–Crippen MR) is 195 cm³/mol. The molecule has 3 amide bonds. The third-order valence-electron chi connectivity index (χ3n) is 7.58. The van der Waals surface area contributed by atoms with Crippen molar-refractivity contribution in [2.45, 2.75) is 17.1 Å². The summed E-state index contributed by atoms with van der Waals surface area (Å²) in [6.07, 6.45) is 3.45. The topological polar surface area (TPSA) is 103 Å². The zero-order valence-electron chi connectivity index (χ0n) is 25.9. The Morgan fingerprint density at radius 2 is 1.44 bits per heavy atom. The fourth-order valence-electron chi connectivity index (χ4n) is 5.09. The van der Waals surface area contributed by atoms with Gasteiger partial charge in [-0.3, -0.25) is 14.4 Å². The minimum atomic E-state index is -0.540. The monoisotopic (exact) mass is 670 g/mol. The average Bonchev–Trinajstić information content (AvgIpc) is 3.52. The highest BCUT2D eigenvalue weighted by Crippen LogP contribution is 2.37. The third-order valence-corrected chi connectivity index (χ3v) is 9.27. The van der Waals surface area contributed by atoms with Crippen LogP contribution < -0.4 is 16.0 Å². The van der Waals surface area contributed by atoms with Crippen LogP contribution in [0.2, 0.25) is 5.02 Å². The summed E-state index contributed by atoms with van der Waals surface area (Å²) in [6.45, 7) is 1.89.